The number of hydrogen-bond acceptors (Lipinski definition) is 16. The number of carbonyl (C=O) groups is 5. The summed E-state index contributed by atoms with van der Waals surface area (Å²) in [6, 6.07) is 20.7. The van der Waals surface area contributed by atoms with Crippen LogP contribution in [0.15, 0.2) is 113 Å². The van der Waals surface area contributed by atoms with E-state index in [1.807, 2.05) is 57.2 Å². The lowest BCUT2D eigenvalue weighted by molar-refractivity contribution is -0.385. The van der Waals surface area contributed by atoms with Crippen LogP contribution >= 0.6 is 46.4 Å². The fourth-order valence-electron chi connectivity index (χ4n) is 8.65. The Kier molecular flexibility index (Phi) is 25.8. The molecule has 89 heavy (non-hydrogen) atoms. The van der Waals surface area contributed by atoms with Crippen LogP contribution in [0.4, 0.5) is 43.4 Å². The molecule has 1 aliphatic carbocycles. The van der Waals surface area contributed by atoms with Crippen molar-refractivity contribution in [3.8, 4) is 17.2 Å². The number of rotatable bonds is 18. The molecule has 8 rings (SSSR count). The number of alkyl halides is 9. The molecule has 2 unspecified atom stereocenters. The van der Waals surface area contributed by atoms with Crippen LogP contribution in [0.5, 0.6) is 17.2 Å². The number of esters is 2. The highest BCUT2D eigenvalue weighted by Gasteiger charge is 2.37. The molecule has 6 aromatic rings. The molecular weight excluding hydrogens is 1290 g/mol. The van der Waals surface area contributed by atoms with E-state index in [0.29, 0.717) is 42.9 Å². The summed E-state index contributed by atoms with van der Waals surface area (Å²) in [6.07, 6.45) is -4.87. The van der Waals surface area contributed by atoms with Crippen LogP contribution in [0, 0.1) is 17.0 Å². The van der Waals surface area contributed by atoms with Gasteiger partial charge in [0.05, 0.1) is 74.4 Å². The number of ketones is 1. The van der Waals surface area contributed by atoms with Gasteiger partial charge < -0.3 is 38.0 Å². The van der Waals surface area contributed by atoms with Gasteiger partial charge in [-0.25, -0.2) is 18.0 Å². The van der Waals surface area contributed by atoms with E-state index >= 15 is 0 Å². The Morgan fingerprint density at radius 1 is 0.876 bits per heavy atom. The molecule has 1 fully saturated rings. The molecule has 1 aromatic heterocycles. The molecule has 0 saturated heterocycles. The predicted octanol–water partition coefficient (Wildman–Crippen LogP) is 13.8. The van der Waals surface area contributed by atoms with Crippen molar-refractivity contribution >= 4 is 103 Å². The summed E-state index contributed by atoms with van der Waals surface area (Å²) in [5.41, 5.74) is 0.399. The molecular formula is C59H58Cl4F6N4O15S. The molecule has 2 aliphatic rings. The average Bonchev–Trinajstić information content (AvgIpc) is 2.14. The second-order valence-electron chi connectivity index (χ2n) is 19.5. The number of amides is 2. The highest BCUT2D eigenvalue weighted by atomic mass is 35.5. The van der Waals surface area contributed by atoms with Crippen LogP contribution in [0.25, 0.3) is 0 Å². The molecule has 5 aromatic carbocycles. The van der Waals surface area contributed by atoms with Crippen molar-refractivity contribution in [1.29, 1.82) is 0 Å². The van der Waals surface area contributed by atoms with E-state index in [1.165, 1.54) is 13.1 Å². The Bertz CT molecular complexity index is 3640. The number of fused-ring (bicyclic) bond motifs is 1. The first-order valence-corrected chi connectivity index (χ1v) is 30.3. The number of ether oxygens (including phenoxy) is 5. The zero-order valence-electron chi connectivity index (χ0n) is 48.4. The van der Waals surface area contributed by atoms with Crippen LogP contribution in [-0.2, 0) is 57.2 Å². The number of hydrogen-bond donors (Lipinski definition) is 0. The smallest absolute Gasteiger partial charge is 0.416 e. The number of aryl methyl sites for hydroxylation is 2. The van der Waals surface area contributed by atoms with Crippen LogP contribution in [0.2, 0.25) is 5.02 Å². The van der Waals surface area contributed by atoms with E-state index in [0.717, 1.165) is 84.4 Å². The molecule has 0 bridgehead atoms. The molecule has 30 heteroatoms. The van der Waals surface area contributed by atoms with Crippen molar-refractivity contribution in [2.24, 2.45) is 0 Å². The summed E-state index contributed by atoms with van der Waals surface area (Å²) >= 11 is 22.8. The van der Waals surface area contributed by atoms with Gasteiger partial charge in [-0.3, -0.25) is 24.5 Å². The Morgan fingerprint density at radius 3 is 2.10 bits per heavy atom. The quantitative estimate of drug-likeness (QED) is 0.0194. The number of para-hydroxylation sites is 3. The van der Waals surface area contributed by atoms with E-state index in [2.05, 4.69) is 22.9 Å². The van der Waals surface area contributed by atoms with E-state index < -0.39 is 83.6 Å². The lowest BCUT2D eigenvalue weighted by Gasteiger charge is -2.35. The number of sulfone groups is 1. The number of nitro benzene ring substituents is 1. The van der Waals surface area contributed by atoms with Gasteiger partial charge in [-0.1, -0.05) is 77.2 Å². The Hall–Kier alpha value is -7.49. The van der Waals surface area contributed by atoms with Gasteiger partial charge in [0.15, 0.2) is 32.8 Å². The topological polar surface area (TPSA) is 241 Å². The Morgan fingerprint density at radius 2 is 1.53 bits per heavy atom. The zero-order valence-corrected chi connectivity index (χ0v) is 52.2. The van der Waals surface area contributed by atoms with Crippen LogP contribution in [0.3, 0.4) is 0 Å². The maximum Gasteiger partial charge on any atom is 0.416 e. The summed E-state index contributed by atoms with van der Waals surface area (Å²) in [5.74, 6) is -2.42. The first kappa shape index (κ1) is 72.3. The third-order valence-corrected chi connectivity index (χ3v) is 14.9. The molecule has 2 amide bonds. The minimum Gasteiger partial charge on any atom is -0.489 e. The summed E-state index contributed by atoms with van der Waals surface area (Å²) in [4.78, 5) is 72.1. The van der Waals surface area contributed by atoms with Gasteiger partial charge in [0.1, 0.15) is 35.3 Å². The van der Waals surface area contributed by atoms with E-state index in [9.17, 15) is 68.8 Å². The highest BCUT2D eigenvalue weighted by molar-refractivity contribution is 7.90. The molecule has 0 N–H and O–H groups in total. The Labute approximate surface area is 527 Å². The molecule has 1 aliphatic heterocycles. The number of halogens is 10. The fourth-order valence-corrected chi connectivity index (χ4v) is 10.1. The summed E-state index contributed by atoms with van der Waals surface area (Å²) in [7, 11) is -2.40. The molecule has 2 heterocycles. The maximum absolute atomic E-state index is 12.8. The molecule has 19 nitrogen and oxygen atoms in total. The van der Waals surface area contributed by atoms with Gasteiger partial charge >= 0.3 is 24.3 Å². The lowest BCUT2D eigenvalue weighted by Crippen LogP contribution is -2.47. The number of aromatic nitrogens is 1. The fraction of sp³-hybridized carbons (Fsp3) is 0.356. The molecule has 0 spiro atoms. The third-order valence-electron chi connectivity index (χ3n) is 12.9. The largest absolute Gasteiger partial charge is 0.489 e. The van der Waals surface area contributed by atoms with Gasteiger partial charge in [-0.05, 0) is 113 Å². The monoisotopic (exact) mass is 1350 g/mol. The third kappa shape index (κ3) is 19.5. The van der Waals surface area contributed by atoms with Crippen LogP contribution < -0.4 is 19.3 Å². The van der Waals surface area contributed by atoms with Gasteiger partial charge in [0, 0.05) is 37.0 Å². The zero-order chi connectivity index (χ0) is 66.3. The molecule has 0 radical (unpaired) electrons. The molecule has 1 saturated carbocycles. The van der Waals surface area contributed by atoms with Gasteiger partial charge in [-0.15, -0.1) is 11.6 Å². The highest BCUT2D eigenvalue weighted by Crippen LogP contribution is 2.43. The first-order chi connectivity index (χ1) is 41.8. The Balaban J connectivity index is 0.000000222. The standard InChI is InChI=1S/C18H13ClF3NO7.C15H22ClNO2.C15H12F3NO4S.C11H11Cl2NO2/c1-2-28-16(24)9-29-17(25)12-8-11(4-5-14(12)23(26)27)30-15-6-3-10(7-13(15)19)18(20,21)22;1-5-13-8-6-7-11(2)15(13)17(14(18)9-16)12(3)10-19-4;1-24(21,22)12-6-9(15(16,17)18)4-5-10(12)13(20)11-7-19-23-14(11)8-2-3-8;1-7-6-16-9-5-3-2-4-8(9)14(7)11(15)10(12)13/h3-8H,2,9H2,1H3;6-8,12H,5,9-10H2,1-4H3;4-8H,2-3H2,1H3;2-5,7,10H,6H2,1H3. The summed E-state index contributed by atoms with van der Waals surface area (Å²) in [6.45, 7) is 9.73. The van der Waals surface area contributed by atoms with E-state index in [1.54, 1.807) is 16.9 Å². The van der Waals surface area contributed by atoms with Gasteiger partial charge in [0.2, 0.25) is 5.91 Å². The van der Waals surface area contributed by atoms with E-state index in [-0.39, 0.29) is 70.0 Å². The van der Waals surface area contributed by atoms with Crippen molar-refractivity contribution in [2.45, 2.75) is 94.0 Å². The predicted molar refractivity (Wildman–Crippen MR) is 317 cm³/mol. The second-order valence-corrected chi connectivity index (χ2v) is 23.3. The summed E-state index contributed by atoms with van der Waals surface area (Å²) < 4.78 is 131. The first-order valence-electron chi connectivity index (χ1n) is 26.6. The number of nitro groups is 1. The molecule has 2 atom stereocenters. The van der Waals surface area contributed by atoms with Crippen molar-refractivity contribution in [3.63, 3.8) is 0 Å². The number of anilines is 2. The van der Waals surface area contributed by atoms with Crippen LogP contribution in [-0.4, -0.2) is 111 Å². The maximum atomic E-state index is 12.8. The van der Waals surface area contributed by atoms with E-state index in [4.69, 9.17) is 69.9 Å². The lowest BCUT2D eigenvalue weighted by atomic mass is 10.0. The van der Waals surface area contributed by atoms with Gasteiger partial charge in [-0.2, -0.15) is 26.3 Å². The van der Waals surface area contributed by atoms with Crippen molar-refractivity contribution < 1.29 is 91.9 Å². The minimum atomic E-state index is -4.71. The molecule has 480 valence electrons. The number of carbonyl (C=O) groups excluding carboxylic acids is 5. The second kappa shape index (κ2) is 31.8. The summed E-state index contributed by atoms with van der Waals surface area (Å²) in [5, 5.41) is 14.3. The van der Waals surface area contributed by atoms with Gasteiger partial charge in [0.25, 0.3) is 11.6 Å². The van der Waals surface area contributed by atoms with Crippen LogP contribution in [0.1, 0.15) is 101 Å². The SMILES string of the molecule is CC1COc2ccccc2N1C(=O)C(Cl)Cl.CCOC(=O)COC(=O)c1cc(Oc2ccc(C(F)(F)F)cc2Cl)ccc1[N+](=O)[O-].CCc1cccc(C)c1N(C(=O)CCl)C(C)COC.CS(=O)(=O)c1cc(C(F)(F)F)ccc1C(=O)c1cnoc1C1CC1. The average molecular weight is 1350 g/mol. The number of nitrogens with zero attached hydrogens (tertiary/aromatic N) is 4. The van der Waals surface area contributed by atoms with Crippen molar-refractivity contribution in [2.75, 3.05) is 55.5 Å². The number of methoxy groups -OCH3 is 1. The number of benzene rings is 5. The van der Waals surface area contributed by atoms with Crippen molar-refractivity contribution in [1.82, 2.24) is 5.16 Å². The minimum absolute atomic E-state index is 0.0223. The normalized spacial score (nSPS) is 14.0. The van der Waals surface area contributed by atoms with Crippen molar-refractivity contribution in [3.05, 3.63) is 163 Å².